The molecule has 114 valence electrons. The van der Waals surface area contributed by atoms with E-state index >= 15 is 0 Å². The van der Waals surface area contributed by atoms with E-state index in [1.807, 2.05) is 0 Å². The van der Waals surface area contributed by atoms with Crippen molar-refractivity contribution >= 4 is 21.5 Å². The molecule has 0 unspecified atom stereocenters. The van der Waals surface area contributed by atoms with Crippen LogP contribution < -0.4 is 0 Å². The topological polar surface area (TPSA) is 0 Å². The monoisotopic (exact) mass is 457 g/mol. The van der Waals surface area contributed by atoms with Gasteiger partial charge in [0.05, 0.1) is 0 Å². The van der Waals surface area contributed by atoms with Crippen molar-refractivity contribution in [3.63, 3.8) is 0 Å². The Balaban J connectivity index is 0.00000176. The van der Waals surface area contributed by atoms with E-state index in [1.165, 1.54) is 32.7 Å². The summed E-state index contributed by atoms with van der Waals surface area (Å²) in [5.74, 6) is 0. The fourth-order valence-electron chi connectivity index (χ4n) is 2.96. The molecule has 0 saturated carbocycles. The van der Waals surface area contributed by atoms with Crippen molar-refractivity contribution in [1.29, 1.82) is 0 Å². The van der Waals surface area contributed by atoms with E-state index in [1.54, 1.807) is 0 Å². The fraction of sp³-hybridized carbons (Fsp3) is 0.381. The Morgan fingerprint density at radius 1 is 0.636 bits per heavy atom. The molecule has 0 aliphatic rings. The van der Waals surface area contributed by atoms with Crippen LogP contribution in [0.1, 0.15) is 52.7 Å². The third-order valence-corrected chi connectivity index (χ3v) is 4.44. The largest absolute Gasteiger partial charge is 0.126 e. The molecule has 0 bridgehead atoms. The number of hydrogen-bond acceptors (Lipinski definition) is 0. The third-order valence-electron chi connectivity index (χ3n) is 4.44. The standard InChI is InChI=1S/C21H25.Hf/c1-20(2,3)16-7-9-18-14(12-16)11-15-13-17(21(4,5)6)8-10-19(15)18;/h7-13H,1-6H3;/q-1;. The Morgan fingerprint density at radius 3 is 1.32 bits per heavy atom. The predicted molar refractivity (Wildman–Crippen MR) is 94.4 cm³/mol. The maximum Gasteiger partial charge on any atom is 0 e. The van der Waals surface area contributed by atoms with Gasteiger partial charge < -0.3 is 0 Å². The van der Waals surface area contributed by atoms with Gasteiger partial charge >= 0.3 is 0 Å². The quantitative estimate of drug-likeness (QED) is 0.275. The van der Waals surface area contributed by atoms with E-state index in [0.717, 1.165) is 0 Å². The average molecular weight is 456 g/mol. The zero-order chi connectivity index (χ0) is 15.4. The molecule has 3 rings (SSSR count). The van der Waals surface area contributed by atoms with Crippen LogP contribution in [0.4, 0.5) is 0 Å². The van der Waals surface area contributed by atoms with Gasteiger partial charge in [-0.15, -0.1) is 39.7 Å². The molecular formula is C21H25Hf-. The molecule has 0 amide bonds. The number of fused-ring (bicyclic) bond motifs is 3. The van der Waals surface area contributed by atoms with Gasteiger partial charge in [-0.25, -0.2) is 0 Å². The van der Waals surface area contributed by atoms with Crippen LogP contribution in [0.25, 0.3) is 21.5 Å². The molecule has 0 heterocycles. The molecule has 0 N–H and O–H groups in total. The van der Waals surface area contributed by atoms with Crippen LogP contribution in [-0.4, -0.2) is 0 Å². The molecule has 0 spiro atoms. The first-order valence-corrected chi connectivity index (χ1v) is 7.80. The molecule has 0 radical (unpaired) electrons. The summed E-state index contributed by atoms with van der Waals surface area (Å²) in [5, 5.41) is 5.48. The van der Waals surface area contributed by atoms with E-state index < -0.39 is 0 Å². The van der Waals surface area contributed by atoms with Crippen LogP contribution in [0.5, 0.6) is 0 Å². The summed E-state index contributed by atoms with van der Waals surface area (Å²) < 4.78 is 0. The Hall–Kier alpha value is -0.820. The normalized spacial score (nSPS) is 12.6. The number of rotatable bonds is 0. The number of hydrogen-bond donors (Lipinski definition) is 0. The second kappa shape index (κ2) is 5.67. The van der Waals surface area contributed by atoms with Crippen LogP contribution in [-0.2, 0) is 36.7 Å². The molecule has 0 aliphatic carbocycles. The van der Waals surface area contributed by atoms with Gasteiger partial charge in [0.15, 0.2) is 0 Å². The van der Waals surface area contributed by atoms with Crippen LogP contribution >= 0.6 is 0 Å². The molecule has 0 fully saturated rings. The Labute approximate surface area is 153 Å². The zero-order valence-corrected chi connectivity index (χ0v) is 18.1. The van der Waals surface area contributed by atoms with E-state index in [-0.39, 0.29) is 36.7 Å². The van der Waals surface area contributed by atoms with Crippen LogP contribution in [0.15, 0.2) is 42.5 Å². The summed E-state index contributed by atoms with van der Waals surface area (Å²) in [6, 6.07) is 16.2. The van der Waals surface area contributed by atoms with Crippen molar-refractivity contribution in [2.75, 3.05) is 0 Å². The molecule has 0 saturated heterocycles. The van der Waals surface area contributed by atoms with E-state index in [4.69, 9.17) is 0 Å². The van der Waals surface area contributed by atoms with Gasteiger partial charge in [0, 0.05) is 25.8 Å². The molecule has 0 atom stereocenters. The maximum atomic E-state index is 2.35. The molecule has 0 aliphatic heterocycles. The first-order valence-electron chi connectivity index (χ1n) is 7.80. The molecule has 0 nitrogen and oxygen atoms in total. The molecular weight excluding hydrogens is 431 g/mol. The van der Waals surface area contributed by atoms with Crippen LogP contribution in [0, 0.1) is 0 Å². The first kappa shape index (κ1) is 17.5. The minimum atomic E-state index is 0. The van der Waals surface area contributed by atoms with Crippen molar-refractivity contribution in [3.8, 4) is 0 Å². The molecule has 22 heavy (non-hydrogen) atoms. The summed E-state index contributed by atoms with van der Waals surface area (Å²) >= 11 is 0. The zero-order valence-electron chi connectivity index (χ0n) is 14.5. The molecule has 1 heteroatoms. The summed E-state index contributed by atoms with van der Waals surface area (Å²) in [6.45, 7) is 13.6. The van der Waals surface area contributed by atoms with Crippen molar-refractivity contribution in [1.82, 2.24) is 0 Å². The van der Waals surface area contributed by atoms with Gasteiger partial charge in [0.2, 0.25) is 0 Å². The maximum absolute atomic E-state index is 2.35. The van der Waals surface area contributed by atoms with Gasteiger partial charge in [0.25, 0.3) is 0 Å². The van der Waals surface area contributed by atoms with E-state index in [2.05, 4.69) is 84.0 Å². The average Bonchev–Trinajstić information content (AvgIpc) is 2.73. The van der Waals surface area contributed by atoms with Gasteiger partial charge in [-0.3, -0.25) is 0 Å². The Morgan fingerprint density at radius 2 is 1.00 bits per heavy atom. The number of benzene rings is 2. The Kier molecular flexibility index (Phi) is 4.52. The Bertz CT molecular complexity index is 739. The van der Waals surface area contributed by atoms with Gasteiger partial charge in [-0.05, 0) is 10.8 Å². The second-order valence-corrected chi connectivity index (χ2v) is 8.25. The summed E-state index contributed by atoms with van der Waals surface area (Å²) in [7, 11) is 0. The van der Waals surface area contributed by atoms with E-state index in [0.29, 0.717) is 0 Å². The summed E-state index contributed by atoms with van der Waals surface area (Å²) in [5.41, 5.74) is 3.21. The smallest absolute Gasteiger partial charge is 0 e. The van der Waals surface area contributed by atoms with Crippen LogP contribution in [0.2, 0.25) is 0 Å². The first-order chi connectivity index (χ1) is 9.66. The minimum Gasteiger partial charge on any atom is -0.126 e. The molecule has 0 aromatic heterocycles. The van der Waals surface area contributed by atoms with Gasteiger partial charge in [-0.2, -0.15) is 0 Å². The van der Waals surface area contributed by atoms with Crippen LogP contribution in [0.3, 0.4) is 0 Å². The minimum absolute atomic E-state index is 0. The molecule has 3 aromatic carbocycles. The summed E-state index contributed by atoms with van der Waals surface area (Å²) in [6.07, 6.45) is 0. The van der Waals surface area contributed by atoms with Crippen molar-refractivity contribution in [3.05, 3.63) is 53.6 Å². The van der Waals surface area contributed by atoms with Gasteiger partial charge in [0.1, 0.15) is 0 Å². The van der Waals surface area contributed by atoms with Gasteiger partial charge in [-0.1, -0.05) is 76.9 Å². The fourth-order valence-corrected chi connectivity index (χ4v) is 2.96. The van der Waals surface area contributed by atoms with Crippen molar-refractivity contribution in [2.45, 2.75) is 52.4 Å². The SMILES string of the molecule is CC(C)(C)c1ccc2c(c1)[cH-]c1cc(C(C)(C)C)ccc12.[Hf]. The van der Waals surface area contributed by atoms with Crippen molar-refractivity contribution < 1.29 is 25.8 Å². The second-order valence-electron chi connectivity index (χ2n) is 8.25. The van der Waals surface area contributed by atoms with E-state index in [9.17, 15) is 0 Å². The predicted octanol–water partition coefficient (Wildman–Crippen LogP) is 6.30. The third kappa shape index (κ3) is 3.11. The summed E-state index contributed by atoms with van der Waals surface area (Å²) in [4.78, 5) is 0. The molecule has 3 aromatic rings. The van der Waals surface area contributed by atoms with Crippen molar-refractivity contribution in [2.24, 2.45) is 0 Å².